The lowest BCUT2D eigenvalue weighted by molar-refractivity contribution is -0.122. The Kier molecular flexibility index (Phi) is 7.15. The van der Waals surface area contributed by atoms with Crippen LogP contribution in [0.5, 0.6) is 17.2 Å². The molecule has 0 fully saturated rings. The van der Waals surface area contributed by atoms with Crippen molar-refractivity contribution in [3.63, 3.8) is 0 Å². The maximum absolute atomic E-state index is 12.4. The quantitative estimate of drug-likeness (QED) is 0.770. The predicted octanol–water partition coefficient (Wildman–Crippen LogP) is 3.98. The van der Waals surface area contributed by atoms with E-state index in [2.05, 4.69) is 39.9 Å². The van der Waals surface area contributed by atoms with Gasteiger partial charge in [-0.25, -0.2) is 0 Å². The molecule has 142 valence electrons. The first-order valence-corrected chi connectivity index (χ1v) is 8.61. The molecule has 0 radical (unpaired) electrons. The first kappa shape index (κ1) is 21.1. The summed E-state index contributed by atoms with van der Waals surface area (Å²) in [7, 11) is 4.75. The summed E-state index contributed by atoms with van der Waals surface area (Å²) in [6.45, 7) is 10.7. The summed E-state index contributed by atoms with van der Waals surface area (Å²) in [4.78, 5) is 12.4. The van der Waals surface area contributed by atoms with Gasteiger partial charge in [-0.15, -0.1) is 0 Å². The Bertz CT molecular complexity index is 563. The maximum atomic E-state index is 12.4. The van der Waals surface area contributed by atoms with Crippen molar-refractivity contribution in [2.24, 2.45) is 5.41 Å². The number of benzene rings is 1. The highest BCUT2D eigenvalue weighted by Crippen LogP contribution is 2.38. The average molecular weight is 351 g/mol. The molecule has 0 saturated heterocycles. The lowest BCUT2D eigenvalue weighted by atomic mass is 9.81. The zero-order chi connectivity index (χ0) is 19.3. The molecule has 1 N–H and O–H groups in total. The Morgan fingerprint density at radius 3 is 1.88 bits per heavy atom. The van der Waals surface area contributed by atoms with Gasteiger partial charge in [0.15, 0.2) is 11.5 Å². The number of hydrogen-bond donors (Lipinski definition) is 1. The predicted molar refractivity (Wildman–Crippen MR) is 101 cm³/mol. The van der Waals surface area contributed by atoms with E-state index in [1.807, 2.05) is 12.1 Å². The second-order valence-corrected chi connectivity index (χ2v) is 8.20. The first-order chi connectivity index (χ1) is 11.5. The van der Waals surface area contributed by atoms with Crippen molar-refractivity contribution in [3.8, 4) is 17.2 Å². The molecule has 0 spiro atoms. The van der Waals surface area contributed by atoms with Gasteiger partial charge in [-0.2, -0.15) is 0 Å². The number of nitrogens with one attached hydrogen (secondary N) is 1. The van der Waals surface area contributed by atoms with Crippen LogP contribution in [0.15, 0.2) is 12.1 Å². The summed E-state index contributed by atoms with van der Waals surface area (Å²) in [5.41, 5.74) is 0.899. The number of hydrogen-bond acceptors (Lipinski definition) is 4. The summed E-state index contributed by atoms with van der Waals surface area (Å²) < 4.78 is 16.0. The molecule has 0 bridgehead atoms. The molecule has 1 amide bonds. The molecule has 25 heavy (non-hydrogen) atoms. The third-order valence-electron chi connectivity index (χ3n) is 3.82. The molecule has 5 heteroatoms. The molecule has 1 rings (SSSR count). The lowest BCUT2D eigenvalue weighted by Crippen LogP contribution is -2.45. The van der Waals surface area contributed by atoms with Crippen molar-refractivity contribution >= 4 is 5.91 Å². The van der Waals surface area contributed by atoms with Crippen molar-refractivity contribution in [1.82, 2.24) is 5.32 Å². The van der Waals surface area contributed by atoms with Crippen molar-refractivity contribution < 1.29 is 19.0 Å². The molecule has 0 aliphatic heterocycles. The van der Waals surface area contributed by atoms with Crippen LogP contribution < -0.4 is 19.5 Å². The van der Waals surface area contributed by atoms with E-state index in [0.717, 1.165) is 12.0 Å². The van der Waals surface area contributed by atoms with Gasteiger partial charge in [0, 0.05) is 12.0 Å². The highest BCUT2D eigenvalue weighted by molar-refractivity contribution is 5.77. The fourth-order valence-electron chi connectivity index (χ4n) is 3.35. The van der Waals surface area contributed by atoms with Crippen LogP contribution in [0.25, 0.3) is 0 Å². The zero-order valence-corrected chi connectivity index (χ0v) is 16.9. The van der Waals surface area contributed by atoms with Gasteiger partial charge in [0.1, 0.15) is 0 Å². The largest absolute Gasteiger partial charge is 0.493 e. The van der Waals surface area contributed by atoms with E-state index in [4.69, 9.17) is 14.2 Å². The van der Waals surface area contributed by atoms with Gasteiger partial charge >= 0.3 is 0 Å². The van der Waals surface area contributed by atoms with Gasteiger partial charge in [-0.05, 0) is 49.8 Å². The third-order valence-corrected chi connectivity index (χ3v) is 3.82. The van der Waals surface area contributed by atoms with Crippen LogP contribution in [0.1, 0.15) is 53.0 Å². The molecule has 0 aromatic heterocycles. The Morgan fingerprint density at radius 2 is 1.48 bits per heavy atom. The topological polar surface area (TPSA) is 56.8 Å². The van der Waals surface area contributed by atoms with Gasteiger partial charge in [0.25, 0.3) is 0 Å². The second-order valence-electron chi connectivity index (χ2n) is 8.20. The van der Waals surface area contributed by atoms with Gasteiger partial charge in [0.2, 0.25) is 11.7 Å². The van der Waals surface area contributed by atoms with Gasteiger partial charge in [-0.1, -0.05) is 20.8 Å². The van der Waals surface area contributed by atoms with E-state index in [1.54, 1.807) is 21.3 Å². The van der Waals surface area contributed by atoms with E-state index < -0.39 is 0 Å². The highest BCUT2D eigenvalue weighted by Gasteiger charge is 2.26. The summed E-state index contributed by atoms with van der Waals surface area (Å²) in [5.74, 6) is 1.81. The fraction of sp³-hybridized carbons (Fsp3) is 0.650. The van der Waals surface area contributed by atoms with Crippen LogP contribution in [0.3, 0.4) is 0 Å². The summed E-state index contributed by atoms with van der Waals surface area (Å²) in [6.07, 6.45) is 1.93. The van der Waals surface area contributed by atoms with E-state index >= 15 is 0 Å². The van der Waals surface area contributed by atoms with Crippen LogP contribution in [0, 0.1) is 5.41 Å². The van der Waals surface area contributed by atoms with E-state index in [9.17, 15) is 4.79 Å². The van der Waals surface area contributed by atoms with Gasteiger partial charge in [0.05, 0.1) is 21.3 Å². The zero-order valence-electron chi connectivity index (χ0n) is 16.9. The molecule has 5 nitrogen and oxygen atoms in total. The number of rotatable bonds is 8. The molecular formula is C20H33NO4. The Labute approximate surface area is 152 Å². The number of carbonyl (C=O) groups excluding carboxylic acids is 1. The SMILES string of the molecule is COc1cc(CCC(=O)NC(C)(C)CC(C)(C)C)cc(OC)c1OC. The molecule has 0 heterocycles. The Balaban J connectivity index is 2.76. The Hall–Kier alpha value is -1.91. The first-order valence-electron chi connectivity index (χ1n) is 8.61. The number of aryl methyl sites for hydroxylation is 1. The van der Waals surface area contributed by atoms with Crippen molar-refractivity contribution in [2.45, 2.75) is 59.4 Å². The minimum absolute atomic E-state index is 0.0444. The minimum Gasteiger partial charge on any atom is -0.493 e. The summed E-state index contributed by atoms with van der Waals surface area (Å²) in [6, 6.07) is 3.77. The van der Waals surface area contributed by atoms with E-state index in [1.165, 1.54) is 0 Å². The van der Waals surface area contributed by atoms with Crippen LogP contribution in [0.2, 0.25) is 0 Å². The monoisotopic (exact) mass is 351 g/mol. The fourth-order valence-corrected chi connectivity index (χ4v) is 3.35. The number of carbonyl (C=O) groups is 1. The third kappa shape index (κ3) is 6.85. The molecule has 0 aliphatic carbocycles. The van der Waals surface area contributed by atoms with Gasteiger partial charge in [-0.3, -0.25) is 4.79 Å². The molecule has 1 aromatic rings. The summed E-state index contributed by atoms with van der Waals surface area (Å²) >= 11 is 0. The maximum Gasteiger partial charge on any atom is 0.220 e. The van der Waals surface area contributed by atoms with Crippen molar-refractivity contribution in [3.05, 3.63) is 17.7 Å². The molecule has 0 saturated carbocycles. The number of methoxy groups -OCH3 is 3. The molecule has 0 aliphatic rings. The standard InChI is InChI=1S/C20H33NO4/c1-19(2,3)13-20(4,5)21-17(22)10-9-14-11-15(23-6)18(25-8)16(12-14)24-7/h11-12H,9-10,13H2,1-8H3,(H,21,22). The van der Waals surface area contributed by atoms with Crippen LogP contribution >= 0.6 is 0 Å². The molecule has 0 atom stereocenters. The average Bonchev–Trinajstić information content (AvgIpc) is 2.48. The van der Waals surface area contributed by atoms with Crippen molar-refractivity contribution in [1.29, 1.82) is 0 Å². The minimum atomic E-state index is -0.232. The van der Waals surface area contributed by atoms with Crippen molar-refractivity contribution in [2.75, 3.05) is 21.3 Å². The number of amides is 1. The molecule has 0 unspecified atom stereocenters. The molecular weight excluding hydrogens is 318 g/mol. The van der Waals surface area contributed by atoms with Gasteiger partial charge < -0.3 is 19.5 Å². The normalized spacial score (nSPS) is 11.8. The smallest absolute Gasteiger partial charge is 0.220 e. The number of ether oxygens (including phenoxy) is 3. The lowest BCUT2D eigenvalue weighted by Gasteiger charge is -2.33. The van der Waals surface area contributed by atoms with E-state index in [-0.39, 0.29) is 16.9 Å². The van der Waals surface area contributed by atoms with Crippen LogP contribution in [0.4, 0.5) is 0 Å². The second kappa shape index (κ2) is 8.45. The van der Waals surface area contributed by atoms with E-state index in [0.29, 0.717) is 30.1 Å². The molecule has 1 aromatic carbocycles. The Morgan fingerprint density at radius 1 is 0.960 bits per heavy atom. The van der Waals surface area contributed by atoms with Crippen LogP contribution in [-0.2, 0) is 11.2 Å². The highest BCUT2D eigenvalue weighted by atomic mass is 16.5. The summed E-state index contributed by atoms with van der Waals surface area (Å²) in [5, 5.41) is 3.14. The van der Waals surface area contributed by atoms with Crippen LogP contribution in [-0.4, -0.2) is 32.8 Å².